The first-order valence-corrected chi connectivity index (χ1v) is 0. The molecule has 44 heteroatoms. The second-order valence-corrected chi connectivity index (χ2v) is 0. The topological polar surface area (TPSA) is 0 Å². The molecule has 0 radical (unpaired) electrons. The Hall–Kier alpha value is 19.2. The molecule has 0 aliphatic carbocycles. The third-order valence-corrected chi connectivity index (χ3v) is 0. The Labute approximate surface area is 659 Å². The smallest absolute Gasteiger partial charge is 0.187 e. The highest BCUT2D eigenvalue weighted by atomic mass is 27.0. The Balaban J connectivity index is 0. The molecular formula is H118Al37F7. The van der Waals surface area contributed by atoms with E-state index in [4.69, 9.17) is 0 Å². The van der Waals surface area contributed by atoms with Crippen LogP contribution >= 0.6 is 0 Å². The molecule has 0 aromatic rings. The predicted octanol–water partition coefficient (Wildman–Crippen LogP) is -42.7. The van der Waals surface area contributed by atoms with Crippen molar-refractivity contribution in [3.63, 3.8) is 0 Å². The standard InChI is InChI=1S/37Al.7FH.111H/h;;;;;;;;;;;;;;;;;;;;;;;;;;;;;;;;;;;;;7*1H;;;;;;;;;;;;;;;;;;;;;;;;;;;;;;;;;;;;;;;;;;;;;;;;;;;;;;;;;;;;;;;;;;;;;;;;;;;;;;;;;;;;;;;;;;;;;;;;;;;;;;;;;;;;;;;. The summed E-state index contributed by atoms with van der Waals surface area (Å²) < 4.78 is 0. The number of rotatable bonds is 0. The van der Waals surface area contributed by atoms with E-state index in [-0.39, 0.29) is 675 Å². The molecule has 278 valence electrons. The van der Waals surface area contributed by atoms with Crippen LogP contribution in [0.5, 0.6) is 0 Å². The maximum absolute atomic E-state index is 0. The summed E-state index contributed by atoms with van der Waals surface area (Å²) in [4.78, 5) is 0. The highest BCUT2D eigenvalue weighted by Crippen LogP contribution is 0.427. The molecule has 0 unspecified atom stereocenters. The lowest BCUT2D eigenvalue weighted by Gasteiger charge is -0.270. The summed E-state index contributed by atoms with van der Waals surface area (Å²) >= 11 is 0. The molecule has 0 spiro atoms. The van der Waals surface area contributed by atoms with Gasteiger partial charge in [-0.1, -0.05) is 0 Å². The summed E-state index contributed by atoms with van der Waals surface area (Å²) in [6, 6.07) is 0. The lowest BCUT2D eigenvalue weighted by molar-refractivity contribution is 1.11. The van der Waals surface area contributed by atoms with Crippen LogP contribution in [-0.2, 0) is 0 Å². The fourth-order valence-corrected chi connectivity index (χ4v) is 0. The Morgan fingerprint density at radius 2 is 0.0455 bits per heavy atom. The lowest BCUT2D eigenvalue weighted by Crippen LogP contribution is -0.382. The first-order chi connectivity index (χ1) is 0. The third kappa shape index (κ3) is 601. The Morgan fingerprint density at radius 1 is 0.0455 bits per heavy atom. The fourth-order valence-electron chi connectivity index (χ4n) is 0. The van der Waals surface area contributed by atoms with Crippen LogP contribution in [0.4, 0.5) is 32.9 Å². The summed E-state index contributed by atoms with van der Waals surface area (Å²) in [6.07, 6.45) is 0. The fraction of sp³-hybridized carbons (Fsp3) is 0. The molecule has 0 N–H and O–H groups in total. The molecule has 0 heterocycles. The Morgan fingerprint density at radius 3 is 0.0455 bits per heavy atom. The zero-order valence-corrected chi connectivity index (χ0v) is 2.86. The minimum Gasteiger partial charge on any atom is -0.269 e. The van der Waals surface area contributed by atoms with Gasteiger partial charge in [-0.3, -0.25) is 32.9 Å². The van der Waals surface area contributed by atoms with Crippen LogP contribution in [0.3, 0.4) is 0 Å². The number of hydrogen-bond donors (Lipinski definition) is 0. The molecule has 0 atom stereocenters. The van der Waals surface area contributed by atoms with E-state index < -0.39 is 0 Å². The van der Waals surface area contributed by atoms with Crippen molar-refractivity contribution in [1.82, 2.24) is 0 Å². The quantitative estimate of drug-likeness (QED) is 0.168. The first kappa shape index (κ1) is 663. The van der Waals surface area contributed by atoms with Crippen molar-refractivity contribution in [2.24, 2.45) is 0 Å². The van der Waals surface area contributed by atoms with E-state index >= 15 is 0 Å². The summed E-state index contributed by atoms with van der Waals surface area (Å²) in [5, 5.41) is 0. The average molecular weight is 1250 g/mol. The first-order valence-electron chi connectivity index (χ1n) is 0. The molecule has 0 aliphatic heterocycles. The van der Waals surface area contributed by atoms with Crippen molar-refractivity contribution < 1.29 is 32.9 Å². The van der Waals surface area contributed by atoms with Crippen molar-refractivity contribution >= 4 is 642 Å². The second-order valence-electron chi connectivity index (χ2n) is 0. The van der Waals surface area contributed by atoms with E-state index in [2.05, 4.69) is 0 Å². The van der Waals surface area contributed by atoms with E-state index in [1.54, 1.807) is 0 Å². The zero-order valence-electron chi connectivity index (χ0n) is 2.86. The molecule has 0 saturated heterocycles. The molecule has 0 fully saturated rings. The minimum atomic E-state index is 0. The molecule has 0 rings (SSSR count). The highest BCUT2D eigenvalue weighted by molar-refractivity contribution is 5.79. The zero-order chi connectivity index (χ0) is 0. The summed E-state index contributed by atoms with van der Waals surface area (Å²) in [6.45, 7) is 0. The highest BCUT2D eigenvalue weighted by Gasteiger charge is 0.223. The molecule has 0 bridgehead atoms. The van der Waals surface area contributed by atoms with Gasteiger partial charge in [-0.25, -0.2) is 0 Å². The van der Waals surface area contributed by atoms with Crippen molar-refractivity contribution in [3.8, 4) is 0 Å². The number of hydrogen-bond acceptors (Lipinski definition) is 0. The van der Waals surface area contributed by atoms with E-state index in [0.717, 1.165) is 0 Å². The van der Waals surface area contributed by atoms with Crippen LogP contribution < -0.4 is 0 Å². The van der Waals surface area contributed by atoms with Gasteiger partial charge in [-0.2, -0.15) is 0 Å². The maximum Gasteiger partial charge on any atom is 0.187 e. The van der Waals surface area contributed by atoms with Gasteiger partial charge in [0, 0.05) is 0 Å². The molecular weight excluding hydrogens is 1130 g/mol. The Bertz CT molecular complexity index is 27.8. The van der Waals surface area contributed by atoms with Gasteiger partial charge in [0.2, 0.25) is 0 Å². The molecule has 0 amide bonds. The molecule has 0 aromatic carbocycles. The van der Waals surface area contributed by atoms with Crippen molar-refractivity contribution in [2.75, 3.05) is 0 Å². The minimum absolute atomic E-state index is 0. The van der Waals surface area contributed by atoms with Gasteiger partial charge in [0.05, 0.1) is 0 Å². The Kier molecular flexibility index (Phi) is 9510. The van der Waals surface area contributed by atoms with Gasteiger partial charge in [-0.15, -0.1) is 0 Å². The van der Waals surface area contributed by atoms with Crippen molar-refractivity contribution in [1.29, 1.82) is 0 Å². The van der Waals surface area contributed by atoms with E-state index in [1.807, 2.05) is 0 Å². The van der Waals surface area contributed by atoms with Crippen LogP contribution in [0.1, 0.15) is 0 Å². The third-order valence-electron chi connectivity index (χ3n) is 0. The van der Waals surface area contributed by atoms with Gasteiger partial charge >= 0.3 is 0 Å². The van der Waals surface area contributed by atoms with E-state index in [0.29, 0.717) is 0 Å². The van der Waals surface area contributed by atoms with Crippen LogP contribution in [0.25, 0.3) is 0 Å². The SMILES string of the molecule is F.F.F.F.F.F.F.[AlH3].[AlH3].[AlH3].[AlH3].[AlH3].[AlH3].[AlH3].[AlH3].[AlH3].[AlH3].[AlH3].[AlH3].[AlH3].[AlH3].[AlH3].[AlH3].[AlH3].[AlH3].[AlH3].[AlH3].[AlH3].[AlH3].[AlH3].[AlH3].[AlH3].[AlH3].[AlH3].[AlH3].[AlH3].[AlH3].[AlH3].[AlH3].[AlH3].[AlH3].[AlH3].[AlH3].[AlH3]. The summed E-state index contributed by atoms with van der Waals surface area (Å²) in [5.74, 6) is 0. The second kappa shape index (κ2) is 632. The van der Waals surface area contributed by atoms with Crippen LogP contribution in [0, 0.1) is 0 Å². The molecule has 0 aromatic heterocycles. The van der Waals surface area contributed by atoms with E-state index in [1.165, 1.54) is 0 Å². The average Bonchev–Trinajstić information content (AvgIpc) is 0. The van der Waals surface area contributed by atoms with Gasteiger partial charge in [-0.05, 0) is 0 Å². The predicted molar refractivity (Wildman–Crippen MR) is 385 cm³/mol. The van der Waals surface area contributed by atoms with E-state index in [9.17, 15) is 0 Å². The van der Waals surface area contributed by atoms with Gasteiger partial charge in [0.25, 0.3) is 0 Å². The van der Waals surface area contributed by atoms with Gasteiger partial charge in [0.15, 0.2) is 642 Å². The summed E-state index contributed by atoms with van der Waals surface area (Å²) in [5.41, 5.74) is 0. The lowest BCUT2D eigenvalue weighted by atomic mass is 19.0. The summed E-state index contributed by atoms with van der Waals surface area (Å²) in [7, 11) is 0. The maximum atomic E-state index is 0. The largest absolute Gasteiger partial charge is 0.269 e. The number of halogens is 7. The van der Waals surface area contributed by atoms with Gasteiger partial charge in [0.1, 0.15) is 0 Å². The molecule has 44 heavy (non-hydrogen) atoms. The van der Waals surface area contributed by atoms with Crippen LogP contribution in [0.15, 0.2) is 0 Å². The van der Waals surface area contributed by atoms with Crippen LogP contribution in [-0.4, -0.2) is 642 Å². The van der Waals surface area contributed by atoms with Crippen LogP contribution in [0.2, 0.25) is 0 Å². The molecule has 0 nitrogen and oxygen atoms in total. The monoisotopic (exact) mass is 1250 g/mol. The van der Waals surface area contributed by atoms with Crippen molar-refractivity contribution in [3.05, 3.63) is 0 Å². The molecule has 0 saturated carbocycles. The molecule has 0 aliphatic rings. The van der Waals surface area contributed by atoms with Crippen molar-refractivity contribution in [2.45, 2.75) is 0 Å². The normalized spacial score (nSPS) is 0. The van der Waals surface area contributed by atoms with Gasteiger partial charge < -0.3 is 0 Å².